The molecule has 3 fully saturated rings. The monoisotopic (exact) mass is 624 g/mol. The van der Waals surface area contributed by atoms with Gasteiger partial charge in [-0.05, 0) is 37.3 Å². The van der Waals surface area contributed by atoms with E-state index in [-0.39, 0.29) is 46.8 Å². The predicted molar refractivity (Wildman–Crippen MR) is 162 cm³/mol. The average Bonchev–Trinajstić information content (AvgIpc) is 3.51. The van der Waals surface area contributed by atoms with E-state index in [0.717, 1.165) is 25.8 Å². The van der Waals surface area contributed by atoms with Crippen molar-refractivity contribution in [1.82, 2.24) is 25.2 Å². The number of ether oxygens (including phenoxy) is 2. The number of nitrogens with zero attached hydrogens (tertiary/aromatic N) is 5. The first kappa shape index (κ1) is 28.1. The molecule has 2 aromatic carbocycles. The molecular weight excluding hydrogens is 593 g/mol. The minimum Gasteiger partial charge on any atom is -0.475 e. The third-order valence-electron chi connectivity index (χ3n) is 9.81. The number of piperazine rings is 1. The van der Waals surface area contributed by atoms with Crippen LogP contribution in [0.3, 0.4) is 0 Å². The Hall–Kier alpha value is -3.41. The summed E-state index contributed by atoms with van der Waals surface area (Å²) >= 11 is 6.43. The molecule has 44 heavy (non-hydrogen) atoms. The largest absolute Gasteiger partial charge is 0.475 e. The second-order valence-electron chi connectivity index (χ2n) is 12.4. The number of hydrogen-bond donors (Lipinski definition) is 1. The van der Waals surface area contributed by atoms with Gasteiger partial charge in [-0.15, -0.1) is 0 Å². The molecule has 0 unspecified atom stereocenters. The molecule has 8 nitrogen and oxygen atoms in total. The Morgan fingerprint density at radius 2 is 2.02 bits per heavy atom. The molecule has 4 aliphatic rings. The van der Waals surface area contributed by atoms with E-state index < -0.39 is 23.3 Å². The number of pyridine rings is 1. The maximum Gasteiger partial charge on any atom is 0.319 e. The van der Waals surface area contributed by atoms with Crippen molar-refractivity contribution in [2.45, 2.75) is 56.4 Å². The van der Waals surface area contributed by atoms with Crippen LogP contribution in [-0.2, 0) is 0 Å². The van der Waals surface area contributed by atoms with Crippen LogP contribution in [0.1, 0.15) is 32.6 Å². The molecule has 3 saturated heterocycles. The lowest BCUT2D eigenvalue weighted by Gasteiger charge is -2.39. The quantitative estimate of drug-likeness (QED) is 0.304. The molecule has 0 aliphatic carbocycles. The minimum atomic E-state index is -0.906. The summed E-state index contributed by atoms with van der Waals surface area (Å²) in [5.41, 5.74) is -0.153. The topological polar surface area (TPSA) is 75.6 Å². The van der Waals surface area contributed by atoms with Crippen LogP contribution in [0.25, 0.3) is 32.9 Å². The van der Waals surface area contributed by atoms with Gasteiger partial charge in [0.25, 0.3) is 0 Å². The van der Waals surface area contributed by atoms with Gasteiger partial charge in [0.15, 0.2) is 5.82 Å². The van der Waals surface area contributed by atoms with Crippen molar-refractivity contribution in [3.63, 3.8) is 0 Å². The number of aromatic nitrogens is 3. The fraction of sp³-hybridized carbons (Fsp3) is 0.469. The normalized spacial score (nSPS) is 26.5. The Bertz CT molecular complexity index is 1800. The number of alkyl halides is 1. The molecule has 8 rings (SSSR count). The molecule has 4 aromatic rings. The van der Waals surface area contributed by atoms with Crippen molar-refractivity contribution in [3.8, 4) is 23.1 Å². The van der Waals surface area contributed by atoms with E-state index in [1.54, 1.807) is 24.3 Å². The summed E-state index contributed by atoms with van der Waals surface area (Å²) in [7, 11) is 0. The second-order valence-corrected chi connectivity index (χ2v) is 12.8. The van der Waals surface area contributed by atoms with Gasteiger partial charge in [-0.3, -0.25) is 4.90 Å². The summed E-state index contributed by atoms with van der Waals surface area (Å²) in [5.74, 6) is -0.626. The van der Waals surface area contributed by atoms with E-state index in [9.17, 15) is 8.78 Å². The Morgan fingerprint density at radius 1 is 1.14 bits per heavy atom. The molecule has 6 heterocycles. The summed E-state index contributed by atoms with van der Waals surface area (Å²) in [6.07, 6.45) is 2.19. The van der Waals surface area contributed by atoms with Gasteiger partial charge < -0.3 is 19.7 Å². The zero-order valence-corrected chi connectivity index (χ0v) is 25.0. The Labute approximate surface area is 257 Å². The van der Waals surface area contributed by atoms with E-state index in [0.29, 0.717) is 60.2 Å². The summed E-state index contributed by atoms with van der Waals surface area (Å²) in [4.78, 5) is 18.4. The van der Waals surface area contributed by atoms with Gasteiger partial charge in [-0.25, -0.2) is 18.2 Å². The number of halogens is 4. The van der Waals surface area contributed by atoms with E-state index in [4.69, 9.17) is 26.1 Å². The first-order valence-corrected chi connectivity index (χ1v) is 15.7. The van der Waals surface area contributed by atoms with Crippen LogP contribution in [0.15, 0.2) is 30.3 Å². The number of nitrogens with one attached hydrogen (secondary N) is 1. The molecular formula is C32H32ClF3N6O2. The summed E-state index contributed by atoms with van der Waals surface area (Å²) < 4.78 is 58.5. The highest BCUT2D eigenvalue weighted by atomic mass is 35.5. The molecule has 12 heteroatoms. The lowest BCUT2D eigenvalue weighted by Crippen LogP contribution is -2.58. The van der Waals surface area contributed by atoms with Crippen molar-refractivity contribution >= 4 is 39.1 Å². The zero-order chi connectivity index (χ0) is 30.2. The van der Waals surface area contributed by atoms with E-state index in [1.165, 1.54) is 6.07 Å². The Morgan fingerprint density at radius 3 is 2.89 bits per heavy atom. The fourth-order valence-electron chi connectivity index (χ4n) is 7.53. The van der Waals surface area contributed by atoms with Crippen LogP contribution < -0.4 is 19.7 Å². The van der Waals surface area contributed by atoms with Gasteiger partial charge >= 0.3 is 6.01 Å². The maximum absolute atomic E-state index is 16.8. The van der Waals surface area contributed by atoms with Crippen LogP contribution in [0.4, 0.5) is 19.0 Å². The van der Waals surface area contributed by atoms with Gasteiger partial charge in [0.2, 0.25) is 5.88 Å². The molecule has 0 radical (unpaired) electrons. The maximum atomic E-state index is 16.8. The van der Waals surface area contributed by atoms with Crippen molar-refractivity contribution in [3.05, 3.63) is 47.0 Å². The number of benzene rings is 2. The molecule has 0 saturated carbocycles. The number of rotatable bonds is 5. The predicted octanol–water partition coefficient (Wildman–Crippen LogP) is 5.68. The molecule has 0 spiro atoms. The molecule has 0 bridgehead atoms. The highest BCUT2D eigenvalue weighted by Crippen LogP contribution is 2.44. The van der Waals surface area contributed by atoms with Crippen LogP contribution in [0.2, 0.25) is 5.02 Å². The third kappa shape index (κ3) is 4.38. The van der Waals surface area contributed by atoms with Crippen LogP contribution in [0, 0.1) is 11.6 Å². The molecule has 230 valence electrons. The standard InChI is InChI=1S/C32H32ClF3N6O2/c1-2-19-14-42-20(12-37-19)15-43-30-24-28(26(36)27(38-30)21-6-3-5-17-7-8-22(35)25(33)23(17)21)39-31(40-29(24)42)44-16-32-9-4-10-41(32)13-18(34)11-32/h3,5-8,18-20,37H,2,4,9-16H2,1H3/t18-,19-,20+,32+/m1/s1. The highest BCUT2D eigenvalue weighted by molar-refractivity contribution is 6.36. The average molecular weight is 625 g/mol. The molecule has 2 aromatic heterocycles. The second kappa shape index (κ2) is 10.6. The van der Waals surface area contributed by atoms with Crippen LogP contribution in [0.5, 0.6) is 11.9 Å². The van der Waals surface area contributed by atoms with Crippen molar-refractivity contribution in [2.24, 2.45) is 0 Å². The van der Waals surface area contributed by atoms with Crippen LogP contribution >= 0.6 is 11.6 Å². The van der Waals surface area contributed by atoms with Gasteiger partial charge in [-0.2, -0.15) is 9.97 Å². The van der Waals surface area contributed by atoms with E-state index in [1.807, 2.05) is 0 Å². The summed E-state index contributed by atoms with van der Waals surface area (Å²) in [6, 6.07) is 8.22. The SMILES string of the molecule is CC[C@@H]1CN2c3nc(OC[C@@]45CCCN4C[C@H](F)C5)nc4c(F)c(-c5cccc6ccc(F)c(Cl)c56)nc(c34)OC[C@@H]2CN1. The van der Waals surface area contributed by atoms with E-state index in [2.05, 4.69) is 32.0 Å². The molecule has 1 N–H and O–H groups in total. The first-order valence-electron chi connectivity index (χ1n) is 15.3. The summed E-state index contributed by atoms with van der Waals surface area (Å²) in [5, 5.41) is 4.80. The first-order chi connectivity index (χ1) is 21.3. The van der Waals surface area contributed by atoms with Crippen molar-refractivity contribution in [1.29, 1.82) is 0 Å². The van der Waals surface area contributed by atoms with Gasteiger partial charge in [-0.1, -0.05) is 42.8 Å². The minimum absolute atomic E-state index is 0.00247. The van der Waals surface area contributed by atoms with Crippen LogP contribution in [-0.4, -0.2) is 83.0 Å². The van der Waals surface area contributed by atoms with E-state index >= 15 is 4.39 Å². The third-order valence-corrected chi connectivity index (χ3v) is 10.2. The fourth-order valence-corrected chi connectivity index (χ4v) is 7.81. The smallest absolute Gasteiger partial charge is 0.319 e. The number of fused-ring (bicyclic) bond motifs is 4. The lowest BCUT2D eigenvalue weighted by molar-refractivity contribution is 0.107. The number of hydrogen-bond acceptors (Lipinski definition) is 8. The molecule has 0 amide bonds. The summed E-state index contributed by atoms with van der Waals surface area (Å²) in [6.45, 7) is 5.13. The lowest BCUT2D eigenvalue weighted by atomic mass is 9.95. The number of anilines is 1. The van der Waals surface area contributed by atoms with Crippen molar-refractivity contribution in [2.75, 3.05) is 44.3 Å². The Balaban J connectivity index is 1.31. The highest BCUT2D eigenvalue weighted by Gasteiger charge is 2.49. The van der Waals surface area contributed by atoms with Gasteiger partial charge in [0.1, 0.15) is 47.6 Å². The zero-order valence-electron chi connectivity index (χ0n) is 24.3. The Kier molecular flexibility index (Phi) is 6.77. The van der Waals surface area contributed by atoms with Crippen molar-refractivity contribution < 1.29 is 22.6 Å². The van der Waals surface area contributed by atoms with Gasteiger partial charge in [0.05, 0.1) is 16.6 Å². The van der Waals surface area contributed by atoms with Gasteiger partial charge in [0, 0.05) is 43.0 Å². The molecule has 4 aliphatic heterocycles. The molecule has 4 atom stereocenters.